The summed E-state index contributed by atoms with van der Waals surface area (Å²) >= 11 is 0. The van der Waals surface area contributed by atoms with Crippen LogP contribution in [-0.2, 0) is 0 Å². The summed E-state index contributed by atoms with van der Waals surface area (Å²) in [5.41, 5.74) is 3.31. The van der Waals surface area contributed by atoms with Gasteiger partial charge in [-0.05, 0) is 6.92 Å². The molecule has 0 saturated carbocycles. The van der Waals surface area contributed by atoms with Crippen molar-refractivity contribution < 1.29 is 0 Å². The van der Waals surface area contributed by atoms with E-state index in [0.29, 0.717) is 5.57 Å². The van der Waals surface area contributed by atoms with E-state index in [2.05, 4.69) is 16.9 Å². The normalized spacial score (nSPS) is 14.1. The van der Waals surface area contributed by atoms with Gasteiger partial charge in [-0.2, -0.15) is 5.26 Å². The van der Waals surface area contributed by atoms with Crippen molar-refractivity contribution in [2.75, 3.05) is 0 Å². The predicted octanol–water partition coefficient (Wildman–Crippen LogP) is 2.55. The molecule has 1 aromatic carbocycles. The molecule has 1 aromatic rings. The summed E-state index contributed by atoms with van der Waals surface area (Å²) in [4.78, 5) is 4.11. The van der Waals surface area contributed by atoms with Gasteiger partial charge >= 0.3 is 0 Å². The summed E-state index contributed by atoms with van der Waals surface area (Å²) in [6.07, 6.45) is 0. The molecule has 0 N–H and O–H groups in total. The third-order valence-corrected chi connectivity index (χ3v) is 2.17. The highest BCUT2D eigenvalue weighted by atomic mass is 14.7. The zero-order valence-corrected chi connectivity index (χ0v) is 7.78. The SMILES string of the molecule is CC1=C(c2ccccc2)N=C=C1C#N. The van der Waals surface area contributed by atoms with Crippen molar-refractivity contribution in [2.45, 2.75) is 6.92 Å². The molecular weight excluding hydrogens is 172 g/mol. The molecule has 0 aromatic heterocycles. The number of aliphatic imine (C=N–C) groups is 1. The van der Waals surface area contributed by atoms with Gasteiger partial charge in [-0.3, -0.25) is 0 Å². The molecule has 2 heteroatoms. The Kier molecular flexibility index (Phi) is 2.02. The van der Waals surface area contributed by atoms with E-state index >= 15 is 0 Å². The maximum Gasteiger partial charge on any atom is 0.118 e. The Morgan fingerprint density at radius 2 is 2.00 bits per heavy atom. The number of hydrogen-bond acceptors (Lipinski definition) is 2. The Bertz CT molecular complexity index is 495. The molecule has 0 fully saturated rings. The number of benzene rings is 1. The maximum absolute atomic E-state index is 8.76. The lowest BCUT2D eigenvalue weighted by molar-refractivity contribution is 1.41. The number of nitrogens with zero attached hydrogens (tertiary/aromatic N) is 2. The number of rotatable bonds is 1. The molecule has 14 heavy (non-hydrogen) atoms. The maximum atomic E-state index is 8.76. The Hall–Kier alpha value is -2.10. The van der Waals surface area contributed by atoms with E-state index in [1.165, 1.54) is 0 Å². The Morgan fingerprint density at radius 1 is 1.29 bits per heavy atom. The van der Waals surface area contributed by atoms with Gasteiger partial charge in [0.1, 0.15) is 11.6 Å². The van der Waals surface area contributed by atoms with Crippen molar-refractivity contribution in [1.82, 2.24) is 0 Å². The molecule has 1 aliphatic heterocycles. The van der Waals surface area contributed by atoms with E-state index in [-0.39, 0.29) is 0 Å². The van der Waals surface area contributed by atoms with Gasteiger partial charge in [0.25, 0.3) is 0 Å². The van der Waals surface area contributed by atoms with Crippen LogP contribution in [-0.4, -0.2) is 5.87 Å². The van der Waals surface area contributed by atoms with E-state index < -0.39 is 0 Å². The van der Waals surface area contributed by atoms with Crippen molar-refractivity contribution in [3.05, 3.63) is 47.0 Å². The molecular formula is C12H8N2. The van der Waals surface area contributed by atoms with Crippen molar-refractivity contribution in [1.29, 1.82) is 5.26 Å². The molecule has 0 unspecified atom stereocenters. The standard InChI is InChI=1S/C12H8N2/c1-9-11(7-13)8-14-12(9)10-5-3-2-4-6-10/h2-6H,1H3. The monoisotopic (exact) mass is 180 g/mol. The highest BCUT2D eigenvalue weighted by molar-refractivity contribution is 5.89. The summed E-state index contributed by atoms with van der Waals surface area (Å²) < 4.78 is 0. The Labute approximate surface area is 82.5 Å². The Morgan fingerprint density at radius 3 is 2.57 bits per heavy atom. The second kappa shape index (κ2) is 3.33. The second-order valence-electron chi connectivity index (χ2n) is 3.05. The van der Waals surface area contributed by atoms with Gasteiger partial charge in [0, 0.05) is 17.0 Å². The van der Waals surface area contributed by atoms with Gasteiger partial charge in [0.05, 0.1) is 5.70 Å². The third-order valence-electron chi connectivity index (χ3n) is 2.17. The van der Waals surface area contributed by atoms with Crippen LogP contribution in [0.25, 0.3) is 5.70 Å². The summed E-state index contributed by atoms with van der Waals surface area (Å²) in [7, 11) is 0. The van der Waals surface area contributed by atoms with E-state index in [0.717, 1.165) is 16.8 Å². The van der Waals surface area contributed by atoms with Gasteiger partial charge in [-0.1, -0.05) is 30.3 Å². The van der Waals surface area contributed by atoms with Crippen LogP contribution >= 0.6 is 0 Å². The van der Waals surface area contributed by atoms with Crippen LogP contribution in [0.4, 0.5) is 0 Å². The summed E-state index contributed by atoms with van der Waals surface area (Å²) in [5.74, 6) is 2.71. The van der Waals surface area contributed by atoms with E-state index in [1.54, 1.807) is 0 Å². The molecule has 0 amide bonds. The lowest BCUT2D eigenvalue weighted by Crippen LogP contribution is -1.83. The summed E-state index contributed by atoms with van der Waals surface area (Å²) in [6.45, 7) is 1.89. The fraction of sp³-hybridized carbons (Fsp3) is 0.0833. The lowest BCUT2D eigenvalue weighted by atomic mass is 10.1. The molecule has 0 aliphatic carbocycles. The average Bonchev–Trinajstić information content (AvgIpc) is 2.61. The minimum absolute atomic E-state index is 0.531. The van der Waals surface area contributed by atoms with Crippen LogP contribution < -0.4 is 0 Å². The first-order valence-corrected chi connectivity index (χ1v) is 4.33. The van der Waals surface area contributed by atoms with Gasteiger partial charge in [-0.15, -0.1) is 0 Å². The van der Waals surface area contributed by atoms with Crippen LogP contribution in [0.1, 0.15) is 12.5 Å². The van der Waals surface area contributed by atoms with Crippen LogP contribution in [0, 0.1) is 11.3 Å². The molecule has 1 heterocycles. The van der Waals surface area contributed by atoms with Crippen LogP contribution in [0.5, 0.6) is 0 Å². The predicted molar refractivity (Wildman–Crippen MR) is 55.6 cm³/mol. The molecule has 0 atom stereocenters. The minimum atomic E-state index is 0.531. The third kappa shape index (κ3) is 1.26. The first kappa shape index (κ1) is 8.50. The lowest BCUT2D eigenvalue weighted by Gasteiger charge is -2.00. The fourth-order valence-corrected chi connectivity index (χ4v) is 1.38. The Balaban J connectivity index is 2.48. The van der Waals surface area contributed by atoms with Crippen molar-refractivity contribution in [3.8, 4) is 6.07 Å². The molecule has 0 bridgehead atoms. The molecule has 0 spiro atoms. The largest absolute Gasteiger partial charge is 0.204 e. The van der Waals surface area contributed by atoms with Crippen molar-refractivity contribution in [2.24, 2.45) is 4.99 Å². The van der Waals surface area contributed by atoms with Gasteiger partial charge in [0.15, 0.2) is 0 Å². The summed E-state index contributed by atoms with van der Waals surface area (Å²) in [6, 6.07) is 11.9. The van der Waals surface area contributed by atoms with E-state index in [1.807, 2.05) is 37.3 Å². The summed E-state index contributed by atoms with van der Waals surface area (Å²) in [5, 5.41) is 8.76. The van der Waals surface area contributed by atoms with Crippen LogP contribution in [0.2, 0.25) is 0 Å². The topological polar surface area (TPSA) is 36.1 Å². The molecule has 1 aliphatic rings. The van der Waals surface area contributed by atoms with Crippen LogP contribution in [0.3, 0.4) is 0 Å². The molecule has 2 nitrogen and oxygen atoms in total. The number of nitriles is 1. The first-order chi connectivity index (χ1) is 6.83. The van der Waals surface area contributed by atoms with E-state index in [9.17, 15) is 0 Å². The van der Waals surface area contributed by atoms with Gasteiger partial charge in [-0.25, -0.2) is 4.99 Å². The first-order valence-electron chi connectivity index (χ1n) is 4.33. The fourth-order valence-electron chi connectivity index (χ4n) is 1.38. The zero-order chi connectivity index (χ0) is 9.97. The highest BCUT2D eigenvalue weighted by Crippen LogP contribution is 2.26. The van der Waals surface area contributed by atoms with Crippen LogP contribution in [0.15, 0.2) is 46.5 Å². The number of allylic oxidation sites excluding steroid dienone is 2. The minimum Gasteiger partial charge on any atom is -0.204 e. The van der Waals surface area contributed by atoms with E-state index in [4.69, 9.17) is 5.26 Å². The zero-order valence-electron chi connectivity index (χ0n) is 7.78. The highest BCUT2D eigenvalue weighted by Gasteiger charge is 2.12. The van der Waals surface area contributed by atoms with Gasteiger partial charge in [0.2, 0.25) is 0 Å². The number of hydrogen-bond donors (Lipinski definition) is 0. The molecule has 66 valence electrons. The molecule has 2 rings (SSSR count). The van der Waals surface area contributed by atoms with Crippen molar-refractivity contribution in [3.63, 3.8) is 0 Å². The van der Waals surface area contributed by atoms with Crippen molar-refractivity contribution >= 4 is 11.6 Å². The second-order valence-corrected chi connectivity index (χ2v) is 3.05. The quantitative estimate of drug-likeness (QED) is 0.654. The average molecular weight is 180 g/mol. The smallest absolute Gasteiger partial charge is 0.118 e. The molecule has 0 saturated heterocycles. The molecule has 0 radical (unpaired) electrons. The van der Waals surface area contributed by atoms with Gasteiger partial charge < -0.3 is 0 Å².